The first kappa shape index (κ1) is 15.9. The van der Waals surface area contributed by atoms with Crippen LogP contribution in [0.2, 0.25) is 0 Å². The van der Waals surface area contributed by atoms with Gasteiger partial charge in [0.1, 0.15) is 0 Å². The predicted octanol–water partition coefficient (Wildman–Crippen LogP) is 3.14. The number of aromatic nitrogens is 1. The van der Waals surface area contributed by atoms with Crippen LogP contribution in [-0.4, -0.2) is 23.2 Å². The predicted molar refractivity (Wildman–Crippen MR) is 86.2 cm³/mol. The quantitative estimate of drug-likeness (QED) is 0.797. The summed E-state index contributed by atoms with van der Waals surface area (Å²) in [5.41, 5.74) is 1.04. The first-order valence-electron chi connectivity index (χ1n) is 6.82. The summed E-state index contributed by atoms with van der Waals surface area (Å²) in [6.45, 7) is 4.56. The molecule has 2 aromatic rings. The molecule has 6 heteroatoms. The average Bonchev–Trinajstić information content (AvgIpc) is 3.06. The molecule has 0 radical (unpaired) electrons. The van der Waals surface area contributed by atoms with Crippen LogP contribution in [-0.2, 0) is 11.2 Å². The van der Waals surface area contributed by atoms with Crippen molar-refractivity contribution in [2.45, 2.75) is 33.1 Å². The zero-order valence-corrected chi connectivity index (χ0v) is 13.8. The minimum absolute atomic E-state index is 0.0362. The van der Waals surface area contributed by atoms with Crippen molar-refractivity contribution in [3.63, 3.8) is 0 Å². The molecule has 0 aliphatic carbocycles. The highest BCUT2D eigenvalue weighted by molar-refractivity contribution is 7.12. The molecule has 2 heterocycles. The lowest BCUT2D eigenvalue weighted by Gasteiger charge is -2.04. The van der Waals surface area contributed by atoms with Crippen molar-refractivity contribution >= 4 is 34.4 Å². The lowest BCUT2D eigenvalue weighted by Crippen LogP contribution is -2.25. The summed E-state index contributed by atoms with van der Waals surface area (Å²) in [5, 5.41) is 5.78. The highest BCUT2D eigenvalue weighted by Crippen LogP contribution is 2.17. The molecule has 1 N–H and O–H groups in total. The highest BCUT2D eigenvalue weighted by atomic mass is 32.1. The van der Waals surface area contributed by atoms with Crippen LogP contribution in [0.5, 0.6) is 0 Å². The topological polar surface area (TPSA) is 59.1 Å². The molecule has 4 nitrogen and oxygen atoms in total. The summed E-state index contributed by atoms with van der Waals surface area (Å²) in [6.07, 6.45) is 1.31. The fraction of sp³-hybridized carbons (Fsp3) is 0.400. The van der Waals surface area contributed by atoms with E-state index in [9.17, 15) is 9.59 Å². The highest BCUT2D eigenvalue weighted by Gasteiger charge is 2.10. The van der Waals surface area contributed by atoms with Crippen LogP contribution in [0, 0.1) is 13.8 Å². The van der Waals surface area contributed by atoms with Gasteiger partial charge < -0.3 is 5.32 Å². The first-order valence-corrected chi connectivity index (χ1v) is 8.52. The Morgan fingerprint density at radius 3 is 2.71 bits per heavy atom. The van der Waals surface area contributed by atoms with E-state index in [0.717, 1.165) is 22.0 Å². The van der Waals surface area contributed by atoms with Crippen LogP contribution in [0.1, 0.15) is 38.1 Å². The molecule has 2 rings (SSSR count). The average molecular weight is 322 g/mol. The zero-order valence-electron chi connectivity index (χ0n) is 12.1. The third-order valence-electron chi connectivity index (χ3n) is 3.05. The number of aryl methyl sites for hydroxylation is 2. The molecule has 0 atom stereocenters. The molecular weight excluding hydrogens is 304 g/mol. The number of thiophene rings is 1. The van der Waals surface area contributed by atoms with Crippen LogP contribution in [0.25, 0.3) is 0 Å². The van der Waals surface area contributed by atoms with Crippen LogP contribution < -0.4 is 5.32 Å². The molecule has 0 unspecified atom stereocenters. The van der Waals surface area contributed by atoms with E-state index in [4.69, 9.17) is 0 Å². The summed E-state index contributed by atoms with van der Waals surface area (Å²) in [7, 11) is 0. The van der Waals surface area contributed by atoms with Crippen LogP contribution in [0.15, 0.2) is 17.5 Å². The summed E-state index contributed by atoms with van der Waals surface area (Å²) in [6, 6.07) is 3.64. The maximum Gasteiger partial charge on any atom is 0.220 e. The molecular formula is C15H18N2O2S2. The third-order valence-corrected chi connectivity index (χ3v) is 5.09. The number of hydrogen-bond acceptors (Lipinski definition) is 5. The lowest BCUT2D eigenvalue weighted by atomic mass is 10.2. The Labute approximate surface area is 132 Å². The SMILES string of the molecule is Cc1nc(C)c(CCNC(=O)CCC(=O)c2cccs2)s1. The molecule has 1 amide bonds. The van der Waals surface area contributed by atoms with Crippen molar-refractivity contribution in [1.29, 1.82) is 0 Å². The fourth-order valence-corrected chi connectivity index (χ4v) is 3.63. The fourth-order valence-electron chi connectivity index (χ4n) is 2.00. The Hall–Kier alpha value is -1.53. The summed E-state index contributed by atoms with van der Waals surface area (Å²) in [5.74, 6) is -0.0344. The van der Waals surface area contributed by atoms with Gasteiger partial charge in [-0.05, 0) is 25.3 Å². The van der Waals surface area contributed by atoms with E-state index < -0.39 is 0 Å². The summed E-state index contributed by atoms with van der Waals surface area (Å²) in [4.78, 5) is 29.8. The van der Waals surface area contributed by atoms with Gasteiger partial charge in [-0.15, -0.1) is 22.7 Å². The number of thiazole rings is 1. The van der Waals surface area contributed by atoms with Gasteiger partial charge in [0.2, 0.25) is 5.91 Å². The number of nitrogens with zero attached hydrogens (tertiary/aromatic N) is 1. The Morgan fingerprint density at radius 1 is 1.29 bits per heavy atom. The Bertz CT molecular complexity index is 618. The van der Waals surface area contributed by atoms with E-state index in [1.165, 1.54) is 16.2 Å². The van der Waals surface area contributed by atoms with Gasteiger partial charge in [-0.2, -0.15) is 0 Å². The maximum absolute atomic E-state index is 11.8. The maximum atomic E-state index is 11.8. The standard InChI is InChI=1S/C15H18N2O2S2/c1-10-13(21-11(2)17-10)7-8-16-15(19)6-5-12(18)14-4-3-9-20-14/h3-4,9H,5-8H2,1-2H3,(H,16,19). The number of hydrogen-bond donors (Lipinski definition) is 1. The van der Waals surface area contributed by atoms with Gasteiger partial charge in [-0.3, -0.25) is 9.59 Å². The van der Waals surface area contributed by atoms with Crippen molar-refractivity contribution in [2.75, 3.05) is 6.54 Å². The largest absolute Gasteiger partial charge is 0.356 e. The van der Waals surface area contributed by atoms with Gasteiger partial charge >= 0.3 is 0 Å². The number of carbonyl (C=O) groups is 2. The Kier molecular flexibility index (Phi) is 5.64. The number of Topliss-reactive ketones (excluding diaryl/α,β-unsaturated/α-hetero) is 1. The number of ketones is 1. The van der Waals surface area contributed by atoms with E-state index in [2.05, 4.69) is 10.3 Å². The van der Waals surface area contributed by atoms with Gasteiger partial charge in [0.15, 0.2) is 5.78 Å². The van der Waals surface area contributed by atoms with Crippen molar-refractivity contribution in [1.82, 2.24) is 10.3 Å². The van der Waals surface area contributed by atoms with E-state index in [-0.39, 0.29) is 24.5 Å². The molecule has 0 fully saturated rings. The van der Waals surface area contributed by atoms with Crippen LogP contribution >= 0.6 is 22.7 Å². The van der Waals surface area contributed by atoms with E-state index in [1.54, 1.807) is 17.4 Å². The number of nitrogens with one attached hydrogen (secondary N) is 1. The molecule has 0 saturated carbocycles. The zero-order chi connectivity index (χ0) is 15.2. The van der Waals surface area contributed by atoms with E-state index in [1.807, 2.05) is 25.3 Å². The second kappa shape index (κ2) is 7.47. The molecule has 21 heavy (non-hydrogen) atoms. The lowest BCUT2D eigenvalue weighted by molar-refractivity contribution is -0.121. The number of rotatable bonds is 7. The first-order chi connectivity index (χ1) is 10.1. The second-order valence-corrected chi connectivity index (χ2v) is 6.98. The number of carbonyl (C=O) groups excluding carboxylic acids is 2. The monoisotopic (exact) mass is 322 g/mol. The Balaban J connectivity index is 1.68. The van der Waals surface area contributed by atoms with Crippen LogP contribution in [0.4, 0.5) is 0 Å². The third kappa shape index (κ3) is 4.75. The molecule has 0 aromatic carbocycles. The number of amides is 1. The van der Waals surface area contributed by atoms with E-state index >= 15 is 0 Å². The summed E-state index contributed by atoms with van der Waals surface area (Å²) >= 11 is 3.08. The smallest absolute Gasteiger partial charge is 0.220 e. The van der Waals surface area contributed by atoms with E-state index in [0.29, 0.717) is 6.54 Å². The van der Waals surface area contributed by atoms with Gasteiger partial charge in [-0.1, -0.05) is 6.07 Å². The van der Waals surface area contributed by atoms with Crippen molar-refractivity contribution in [2.24, 2.45) is 0 Å². The molecule has 0 bridgehead atoms. The van der Waals surface area contributed by atoms with Gasteiger partial charge in [0.05, 0.1) is 15.6 Å². The molecule has 112 valence electrons. The molecule has 0 spiro atoms. The molecule has 0 saturated heterocycles. The summed E-state index contributed by atoms with van der Waals surface area (Å²) < 4.78 is 0. The molecule has 2 aromatic heterocycles. The Morgan fingerprint density at radius 2 is 2.10 bits per heavy atom. The van der Waals surface area contributed by atoms with Crippen molar-refractivity contribution in [3.8, 4) is 0 Å². The normalized spacial score (nSPS) is 10.6. The molecule has 0 aliphatic rings. The minimum atomic E-state index is -0.0706. The minimum Gasteiger partial charge on any atom is -0.356 e. The van der Waals surface area contributed by atoms with Crippen molar-refractivity contribution < 1.29 is 9.59 Å². The van der Waals surface area contributed by atoms with Gasteiger partial charge in [-0.25, -0.2) is 4.98 Å². The van der Waals surface area contributed by atoms with Crippen LogP contribution in [0.3, 0.4) is 0 Å². The molecule has 0 aliphatic heterocycles. The van der Waals surface area contributed by atoms with Gasteiger partial charge in [0, 0.05) is 30.7 Å². The van der Waals surface area contributed by atoms with Gasteiger partial charge in [0.25, 0.3) is 0 Å². The second-order valence-electron chi connectivity index (χ2n) is 4.74. The van der Waals surface area contributed by atoms with Crippen molar-refractivity contribution in [3.05, 3.63) is 38.0 Å².